The number of ether oxygens (including phenoxy) is 1. The number of sulfonamides is 1. The van der Waals surface area contributed by atoms with Crippen LogP contribution in [0.2, 0.25) is 0 Å². The average Bonchev–Trinajstić information content (AvgIpc) is 2.80. The van der Waals surface area contributed by atoms with E-state index in [4.69, 9.17) is 4.74 Å². The highest BCUT2D eigenvalue weighted by Crippen LogP contribution is 2.24. The van der Waals surface area contributed by atoms with Crippen LogP contribution in [-0.4, -0.2) is 33.4 Å². The third-order valence-electron chi connectivity index (χ3n) is 4.66. The molecule has 0 radical (unpaired) electrons. The van der Waals surface area contributed by atoms with Crippen molar-refractivity contribution in [1.29, 1.82) is 0 Å². The van der Waals surface area contributed by atoms with Gasteiger partial charge in [0.15, 0.2) is 6.61 Å². The van der Waals surface area contributed by atoms with Gasteiger partial charge in [-0.05, 0) is 56.3 Å². The van der Waals surface area contributed by atoms with Crippen molar-refractivity contribution >= 4 is 33.3 Å². The second-order valence-electron chi connectivity index (χ2n) is 7.02. The number of hydrogen-bond donors (Lipinski definition) is 1. The molecule has 0 bridgehead atoms. The van der Waals surface area contributed by atoms with Crippen LogP contribution in [0.25, 0.3) is 0 Å². The summed E-state index contributed by atoms with van der Waals surface area (Å²) in [6.45, 7) is 3.39. The van der Waals surface area contributed by atoms with Gasteiger partial charge < -0.3 is 10.1 Å². The number of anilines is 2. The van der Waals surface area contributed by atoms with Crippen molar-refractivity contribution in [2.45, 2.75) is 18.7 Å². The highest BCUT2D eigenvalue weighted by Gasteiger charge is 2.24. The van der Waals surface area contributed by atoms with Gasteiger partial charge in [0.2, 0.25) is 0 Å². The van der Waals surface area contributed by atoms with E-state index in [-0.39, 0.29) is 17.0 Å². The van der Waals surface area contributed by atoms with Crippen LogP contribution >= 0.6 is 0 Å². The van der Waals surface area contributed by atoms with Crippen molar-refractivity contribution in [3.05, 3.63) is 90.0 Å². The Balaban J connectivity index is 1.70. The van der Waals surface area contributed by atoms with E-state index in [0.717, 1.165) is 5.56 Å². The van der Waals surface area contributed by atoms with Crippen LogP contribution in [0.5, 0.6) is 0 Å². The lowest BCUT2D eigenvalue weighted by Crippen LogP contribution is -2.30. The van der Waals surface area contributed by atoms with Gasteiger partial charge in [0.1, 0.15) is 0 Å². The summed E-state index contributed by atoms with van der Waals surface area (Å²) in [4.78, 5) is 24.4. The first kappa shape index (κ1) is 23.0. The number of nitrogens with one attached hydrogen (secondary N) is 1. The molecule has 0 aromatic heterocycles. The van der Waals surface area contributed by atoms with Crippen molar-refractivity contribution in [2.24, 2.45) is 0 Å². The number of esters is 1. The van der Waals surface area contributed by atoms with Gasteiger partial charge in [0, 0.05) is 12.2 Å². The van der Waals surface area contributed by atoms with Crippen LogP contribution in [0.1, 0.15) is 22.8 Å². The lowest BCUT2D eigenvalue weighted by Gasteiger charge is -2.23. The summed E-state index contributed by atoms with van der Waals surface area (Å²) in [5, 5.41) is 2.63. The van der Waals surface area contributed by atoms with E-state index in [1.165, 1.54) is 28.6 Å². The molecule has 3 aromatic rings. The SMILES string of the molecule is CCN(c1ccccc1)S(=O)(=O)c1cccc(C(=O)OCC(=O)Nc2ccc(C)cc2)c1. The summed E-state index contributed by atoms with van der Waals surface area (Å²) >= 11 is 0. The zero-order valence-electron chi connectivity index (χ0n) is 17.8. The lowest BCUT2D eigenvalue weighted by molar-refractivity contribution is -0.119. The van der Waals surface area contributed by atoms with E-state index >= 15 is 0 Å². The first-order chi connectivity index (χ1) is 15.3. The number of para-hydroxylation sites is 1. The molecule has 0 fully saturated rings. The molecule has 166 valence electrons. The predicted molar refractivity (Wildman–Crippen MR) is 123 cm³/mol. The van der Waals surface area contributed by atoms with Gasteiger partial charge in [-0.25, -0.2) is 13.2 Å². The fourth-order valence-electron chi connectivity index (χ4n) is 3.04. The van der Waals surface area contributed by atoms with Crippen LogP contribution in [0.15, 0.2) is 83.8 Å². The quantitative estimate of drug-likeness (QED) is 0.522. The number of amides is 1. The minimum atomic E-state index is -3.89. The topological polar surface area (TPSA) is 92.8 Å². The molecule has 3 rings (SSSR count). The van der Waals surface area contributed by atoms with Crippen molar-refractivity contribution in [3.63, 3.8) is 0 Å². The standard InChI is InChI=1S/C24H24N2O5S/c1-3-26(21-9-5-4-6-10-21)32(29,30)22-11-7-8-19(16-22)24(28)31-17-23(27)25-20-14-12-18(2)13-15-20/h4-16H,3,17H2,1-2H3,(H,25,27). The summed E-state index contributed by atoms with van der Waals surface area (Å²) in [6.07, 6.45) is 0. The number of aryl methyl sites for hydroxylation is 1. The summed E-state index contributed by atoms with van der Waals surface area (Å²) in [6, 6.07) is 21.5. The third-order valence-corrected chi connectivity index (χ3v) is 6.56. The summed E-state index contributed by atoms with van der Waals surface area (Å²) in [5.74, 6) is -1.28. The highest BCUT2D eigenvalue weighted by molar-refractivity contribution is 7.92. The molecule has 8 heteroatoms. The van der Waals surface area contributed by atoms with E-state index in [1.807, 2.05) is 19.1 Å². The Bertz CT molecular complexity index is 1190. The summed E-state index contributed by atoms with van der Waals surface area (Å²) < 4.78 is 32.6. The Morgan fingerprint density at radius 3 is 2.28 bits per heavy atom. The number of nitrogens with zero attached hydrogens (tertiary/aromatic N) is 1. The predicted octanol–water partition coefficient (Wildman–Crippen LogP) is 4.01. The van der Waals surface area contributed by atoms with E-state index in [2.05, 4.69) is 5.32 Å². The Morgan fingerprint density at radius 1 is 0.938 bits per heavy atom. The Hall–Kier alpha value is -3.65. The number of hydrogen-bond acceptors (Lipinski definition) is 5. The van der Waals surface area contributed by atoms with Gasteiger partial charge >= 0.3 is 5.97 Å². The van der Waals surface area contributed by atoms with E-state index in [9.17, 15) is 18.0 Å². The van der Waals surface area contributed by atoms with Gasteiger partial charge in [-0.1, -0.05) is 42.0 Å². The fraction of sp³-hybridized carbons (Fsp3) is 0.167. The molecule has 32 heavy (non-hydrogen) atoms. The van der Waals surface area contributed by atoms with Crippen LogP contribution in [0.3, 0.4) is 0 Å². The molecule has 0 aliphatic carbocycles. The Labute approximate surface area is 187 Å². The highest BCUT2D eigenvalue weighted by atomic mass is 32.2. The molecule has 3 aromatic carbocycles. The van der Waals surface area contributed by atoms with Crippen molar-refractivity contribution in [2.75, 3.05) is 22.8 Å². The van der Waals surface area contributed by atoms with Gasteiger partial charge in [-0.15, -0.1) is 0 Å². The maximum Gasteiger partial charge on any atom is 0.338 e. The summed E-state index contributed by atoms with van der Waals surface area (Å²) in [7, 11) is -3.89. The molecule has 1 N–H and O–H groups in total. The molecule has 0 aliphatic heterocycles. The molecule has 0 unspecified atom stereocenters. The van der Waals surface area contributed by atoms with Crippen LogP contribution in [0.4, 0.5) is 11.4 Å². The Kier molecular flexibility index (Phi) is 7.27. The summed E-state index contributed by atoms with van der Waals surface area (Å²) in [5.41, 5.74) is 2.21. The molecular weight excluding hydrogens is 428 g/mol. The molecule has 0 saturated carbocycles. The largest absolute Gasteiger partial charge is 0.452 e. The van der Waals surface area contributed by atoms with Crippen molar-refractivity contribution in [1.82, 2.24) is 0 Å². The van der Waals surface area contributed by atoms with Crippen molar-refractivity contribution in [3.8, 4) is 0 Å². The molecule has 0 heterocycles. The number of carbonyl (C=O) groups is 2. The maximum atomic E-state index is 13.1. The fourth-order valence-corrected chi connectivity index (χ4v) is 4.56. The van der Waals surface area contributed by atoms with Crippen molar-refractivity contribution < 1.29 is 22.7 Å². The van der Waals surface area contributed by atoms with Gasteiger partial charge in [0.25, 0.3) is 15.9 Å². The van der Waals surface area contributed by atoms with E-state index in [1.54, 1.807) is 49.4 Å². The monoisotopic (exact) mass is 452 g/mol. The van der Waals surface area contributed by atoms with Gasteiger partial charge in [-0.2, -0.15) is 0 Å². The van der Waals surface area contributed by atoms with Crippen LogP contribution in [-0.2, 0) is 19.6 Å². The molecule has 0 atom stereocenters. The third kappa shape index (κ3) is 5.53. The second kappa shape index (κ2) is 10.1. The second-order valence-corrected chi connectivity index (χ2v) is 8.89. The lowest BCUT2D eigenvalue weighted by atomic mass is 10.2. The molecule has 0 saturated heterocycles. The zero-order chi connectivity index (χ0) is 23.1. The number of rotatable bonds is 8. The Morgan fingerprint density at radius 2 is 1.62 bits per heavy atom. The van der Waals surface area contributed by atoms with E-state index < -0.39 is 28.5 Å². The number of carbonyl (C=O) groups excluding carboxylic acids is 2. The molecule has 0 spiro atoms. The smallest absolute Gasteiger partial charge is 0.338 e. The van der Waals surface area contributed by atoms with Gasteiger partial charge in [-0.3, -0.25) is 9.10 Å². The van der Waals surface area contributed by atoms with E-state index in [0.29, 0.717) is 11.4 Å². The van der Waals surface area contributed by atoms with Crippen LogP contribution in [0, 0.1) is 6.92 Å². The minimum Gasteiger partial charge on any atom is -0.452 e. The zero-order valence-corrected chi connectivity index (χ0v) is 18.6. The molecular formula is C24H24N2O5S. The van der Waals surface area contributed by atoms with Gasteiger partial charge in [0.05, 0.1) is 16.1 Å². The number of benzene rings is 3. The molecule has 0 aliphatic rings. The average molecular weight is 453 g/mol. The first-order valence-electron chi connectivity index (χ1n) is 10.0. The maximum absolute atomic E-state index is 13.1. The molecule has 7 nitrogen and oxygen atoms in total. The first-order valence-corrected chi connectivity index (χ1v) is 11.5. The molecule has 1 amide bonds. The normalized spacial score (nSPS) is 10.9. The van der Waals surface area contributed by atoms with Crippen LogP contribution < -0.4 is 9.62 Å². The minimum absolute atomic E-state index is 0.0400.